The van der Waals surface area contributed by atoms with Crippen molar-refractivity contribution in [3.63, 3.8) is 0 Å². The van der Waals surface area contributed by atoms with E-state index in [-0.39, 0.29) is 11.7 Å². The summed E-state index contributed by atoms with van der Waals surface area (Å²) >= 11 is 11.6. The molecule has 17 heavy (non-hydrogen) atoms. The van der Waals surface area contributed by atoms with Gasteiger partial charge in [-0.25, -0.2) is 0 Å². The first kappa shape index (κ1) is 11.8. The second-order valence-electron chi connectivity index (χ2n) is 3.08. The van der Waals surface area contributed by atoms with Crippen LogP contribution in [0.5, 0.6) is 11.7 Å². The van der Waals surface area contributed by atoms with Crippen molar-refractivity contribution >= 4 is 29.2 Å². The van der Waals surface area contributed by atoms with Gasteiger partial charge in [0.25, 0.3) is 5.95 Å². The maximum absolute atomic E-state index is 10.5. The fourth-order valence-corrected chi connectivity index (χ4v) is 1.60. The molecule has 6 heteroatoms. The molecular weight excluding hydrogens is 267 g/mol. The summed E-state index contributed by atoms with van der Waals surface area (Å²) in [6.45, 7) is 0. The van der Waals surface area contributed by atoms with Crippen LogP contribution in [0.3, 0.4) is 0 Å². The van der Waals surface area contributed by atoms with Crippen LogP contribution in [-0.2, 0) is 0 Å². The van der Waals surface area contributed by atoms with Gasteiger partial charge in [-0.2, -0.15) is 0 Å². The highest BCUT2D eigenvalue weighted by Gasteiger charge is 2.08. The van der Waals surface area contributed by atoms with Gasteiger partial charge in [0.1, 0.15) is 11.7 Å². The number of carbonyl (C=O) groups is 1. The summed E-state index contributed by atoms with van der Waals surface area (Å²) in [6, 6.07) is 7.23. The second kappa shape index (κ2) is 4.69. The Labute approximate surface area is 106 Å². The molecule has 0 unspecified atom stereocenters. The number of aromatic carboxylic acids is 1. The Morgan fingerprint density at radius 3 is 2.59 bits per heavy atom. The van der Waals surface area contributed by atoms with Crippen LogP contribution >= 0.6 is 23.2 Å². The van der Waals surface area contributed by atoms with Crippen molar-refractivity contribution in [1.82, 2.24) is 0 Å². The predicted molar refractivity (Wildman–Crippen MR) is 59.6 cm³/mol. The Balaban J connectivity index is 2.22. The first-order valence-electron chi connectivity index (χ1n) is 4.50. The van der Waals surface area contributed by atoms with Crippen molar-refractivity contribution in [1.29, 1.82) is 0 Å². The Morgan fingerprint density at radius 2 is 2.00 bits per heavy atom. The first-order chi connectivity index (χ1) is 8.06. The Hall–Kier alpha value is -1.65. The standard InChI is InChI=1S/C11H6Cl2O4/c12-6-1-2-8(7(13)5-6)16-10-4-3-9(17-10)11(14)15/h1-5H,(H,14,15)/p-1. The molecule has 4 nitrogen and oxygen atoms in total. The second-order valence-corrected chi connectivity index (χ2v) is 3.93. The van der Waals surface area contributed by atoms with E-state index in [0.29, 0.717) is 15.8 Å². The van der Waals surface area contributed by atoms with Gasteiger partial charge in [0.15, 0.2) is 5.76 Å². The van der Waals surface area contributed by atoms with Crippen LogP contribution in [0.25, 0.3) is 0 Å². The number of carboxylic acid groups (broad SMARTS) is 1. The van der Waals surface area contributed by atoms with Crippen LogP contribution in [0.4, 0.5) is 0 Å². The molecule has 1 aromatic heterocycles. The van der Waals surface area contributed by atoms with Crippen LogP contribution < -0.4 is 9.84 Å². The third kappa shape index (κ3) is 2.72. The van der Waals surface area contributed by atoms with Gasteiger partial charge in [-0.3, -0.25) is 0 Å². The summed E-state index contributed by atoms with van der Waals surface area (Å²) in [5, 5.41) is 11.2. The van der Waals surface area contributed by atoms with Gasteiger partial charge in [0.2, 0.25) is 0 Å². The van der Waals surface area contributed by atoms with Crippen LogP contribution in [0, 0.1) is 0 Å². The molecule has 0 saturated heterocycles. The van der Waals surface area contributed by atoms with E-state index in [2.05, 4.69) is 0 Å². The molecule has 0 N–H and O–H groups in total. The molecule has 0 atom stereocenters. The van der Waals surface area contributed by atoms with Crippen molar-refractivity contribution < 1.29 is 19.1 Å². The summed E-state index contributed by atoms with van der Waals surface area (Å²) in [5.74, 6) is -1.41. The number of benzene rings is 1. The van der Waals surface area contributed by atoms with Gasteiger partial charge in [0.05, 0.1) is 5.02 Å². The van der Waals surface area contributed by atoms with Crippen LogP contribution in [0.15, 0.2) is 34.7 Å². The van der Waals surface area contributed by atoms with Crippen molar-refractivity contribution in [3.8, 4) is 11.7 Å². The molecule has 0 amide bonds. The molecule has 0 aliphatic rings. The highest BCUT2D eigenvalue weighted by molar-refractivity contribution is 6.35. The molecule has 88 valence electrons. The predicted octanol–water partition coefficient (Wildman–Crippen LogP) is 2.74. The summed E-state index contributed by atoms with van der Waals surface area (Å²) < 4.78 is 10.1. The lowest BCUT2D eigenvalue weighted by Gasteiger charge is -2.04. The minimum Gasteiger partial charge on any atom is -0.542 e. The molecule has 0 bridgehead atoms. The molecule has 0 fully saturated rings. The Bertz CT molecular complexity index is 562. The van der Waals surface area contributed by atoms with Gasteiger partial charge in [-0.15, -0.1) is 0 Å². The van der Waals surface area contributed by atoms with Gasteiger partial charge in [0, 0.05) is 11.1 Å². The normalized spacial score (nSPS) is 10.2. The molecule has 0 spiro atoms. The first-order valence-corrected chi connectivity index (χ1v) is 5.26. The summed E-state index contributed by atoms with van der Waals surface area (Å²) in [6.07, 6.45) is 0. The van der Waals surface area contributed by atoms with E-state index >= 15 is 0 Å². The number of halogens is 2. The summed E-state index contributed by atoms with van der Waals surface area (Å²) in [4.78, 5) is 10.5. The van der Waals surface area contributed by atoms with Gasteiger partial charge < -0.3 is 19.1 Å². The molecule has 1 heterocycles. The average Bonchev–Trinajstić information content (AvgIpc) is 2.71. The minimum absolute atomic E-state index is 0.00780. The van der Waals surface area contributed by atoms with Crippen molar-refractivity contribution in [2.45, 2.75) is 0 Å². The molecular formula is C11H5Cl2O4-. The number of hydrogen-bond acceptors (Lipinski definition) is 4. The summed E-state index contributed by atoms with van der Waals surface area (Å²) in [7, 11) is 0. The van der Waals surface area contributed by atoms with Crippen LogP contribution in [0.1, 0.15) is 10.6 Å². The lowest BCUT2D eigenvalue weighted by Crippen LogP contribution is -2.21. The van der Waals surface area contributed by atoms with E-state index in [1.807, 2.05) is 0 Å². The number of ether oxygens (including phenoxy) is 1. The smallest absolute Gasteiger partial charge is 0.290 e. The fraction of sp³-hybridized carbons (Fsp3) is 0. The highest BCUT2D eigenvalue weighted by Crippen LogP contribution is 2.32. The number of furan rings is 1. The molecule has 0 saturated carbocycles. The SMILES string of the molecule is O=C([O-])c1ccc(Oc2ccc(Cl)cc2Cl)o1. The lowest BCUT2D eigenvalue weighted by atomic mass is 10.3. The van der Waals surface area contributed by atoms with Gasteiger partial charge in [-0.05, 0) is 24.3 Å². The van der Waals surface area contributed by atoms with E-state index in [4.69, 9.17) is 32.4 Å². The minimum atomic E-state index is -1.41. The van der Waals surface area contributed by atoms with Crippen LogP contribution in [-0.4, -0.2) is 5.97 Å². The molecule has 0 aliphatic heterocycles. The topological polar surface area (TPSA) is 62.5 Å². The van der Waals surface area contributed by atoms with Crippen molar-refractivity contribution in [2.24, 2.45) is 0 Å². The maximum Gasteiger partial charge on any atom is 0.290 e. The molecule has 0 aliphatic carbocycles. The monoisotopic (exact) mass is 271 g/mol. The molecule has 1 aromatic carbocycles. The average molecular weight is 272 g/mol. The molecule has 2 rings (SSSR count). The van der Waals surface area contributed by atoms with Crippen molar-refractivity contribution in [2.75, 3.05) is 0 Å². The summed E-state index contributed by atoms with van der Waals surface area (Å²) in [5.41, 5.74) is 0. The van der Waals surface area contributed by atoms with E-state index in [1.54, 1.807) is 12.1 Å². The number of rotatable bonds is 3. The third-order valence-electron chi connectivity index (χ3n) is 1.89. The Morgan fingerprint density at radius 1 is 1.24 bits per heavy atom. The third-order valence-corrected chi connectivity index (χ3v) is 2.42. The van der Waals surface area contributed by atoms with Crippen LogP contribution in [0.2, 0.25) is 10.0 Å². The maximum atomic E-state index is 10.5. The largest absolute Gasteiger partial charge is 0.542 e. The molecule has 2 aromatic rings. The van der Waals surface area contributed by atoms with E-state index in [1.165, 1.54) is 18.2 Å². The van der Waals surface area contributed by atoms with Gasteiger partial charge >= 0.3 is 0 Å². The zero-order valence-corrected chi connectivity index (χ0v) is 9.79. The van der Waals surface area contributed by atoms with Gasteiger partial charge in [-0.1, -0.05) is 23.2 Å². The van der Waals surface area contributed by atoms with Crippen molar-refractivity contribution in [3.05, 3.63) is 46.1 Å². The number of carbonyl (C=O) groups excluding carboxylic acids is 1. The fourth-order valence-electron chi connectivity index (χ4n) is 1.15. The van der Waals surface area contributed by atoms with E-state index < -0.39 is 5.97 Å². The number of carboxylic acids is 1. The number of hydrogen-bond donors (Lipinski definition) is 0. The Kier molecular flexibility index (Phi) is 3.26. The lowest BCUT2D eigenvalue weighted by molar-refractivity contribution is -0.257. The quantitative estimate of drug-likeness (QED) is 0.861. The zero-order chi connectivity index (χ0) is 12.4. The zero-order valence-electron chi connectivity index (χ0n) is 8.28. The van der Waals surface area contributed by atoms with E-state index in [0.717, 1.165) is 0 Å². The van der Waals surface area contributed by atoms with E-state index in [9.17, 15) is 9.90 Å². The highest BCUT2D eigenvalue weighted by atomic mass is 35.5. The molecule has 0 radical (unpaired) electrons.